The van der Waals surface area contributed by atoms with Crippen molar-refractivity contribution < 1.29 is 9.53 Å². The highest BCUT2D eigenvalue weighted by Gasteiger charge is 2.10. The van der Waals surface area contributed by atoms with Crippen LogP contribution in [0.2, 0.25) is 0 Å². The van der Waals surface area contributed by atoms with Crippen molar-refractivity contribution in [3.05, 3.63) is 60.2 Å². The Kier molecular flexibility index (Phi) is 7.46. The van der Waals surface area contributed by atoms with E-state index in [9.17, 15) is 4.79 Å². The third kappa shape index (κ3) is 5.80. The molecule has 0 atom stereocenters. The highest BCUT2D eigenvalue weighted by Crippen LogP contribution is 2.24. The summed E-state index contributed by atoms with van der Waals surface area (Å²) in [6.45, 7) is 2.44. The zero-order chi connectivity index (χ0) is 17.2. The molecule has 0 unspecified atom stereocenters. The SMILES string of the molecule is COCCCNC(=O)CN(C)Cc1ccccc1-c1ccccc1. The first-order valence-electron chi connectivity index (χ1n) is 8.28. The van der Waals surface area contributed by atoms with Crippen molar-refractivity contribution in [3.63, 3.8) is 0 Å². The quantitative estimate of drug-likeness (QED) is 0.721. The van der Waals surface area contributed by atoms with Crippen LogP contribution in [-0.4, -0.2) is 44.7 Å². The van der Waals surface area contributed by atoms with Gasteiger partial charge in [-0.1, -0.05) is 54.6 Å². The topological polar surface area (TPSA) is 41.6 Å². The number of carbonyl (C=O) groups excluding carboxylic acids is 1. The summed E-state index contributed by atoms with van der Waals surface area (Å²) in [6.07, 6.45) is 0.836. The molecule has 128 valence electrons. The molecule has 0 radical (unpaired) electrons. The Morgan fingerprint density at radius 3 is 2.54 bits per heavy atom. The summed E-state index contributed by atoms with van der Waals surface area (Å²) in [5.41, 5.74) is 3.63. The number of methoxy groups -OCH3 is 1. The number of amides is 1. The first-order valence-corrected chi connectivity index (χ1v) is 8.28. The molecule has 1 amide bonds. The van der Waals surface area contributed by atoms with Gasteiger partial charge in [0.05, 0.1) is 6.54 Å². The van der Waals surface area contributed by atoms with Crippen LogP contribution in [0, 0.1) is 0 Å². The lowest BCUT2D eigenvalue weighted by Crippen LogP contribution is -2.35. The molecule has 24 heavy (non-hydrogen) atoms. The average Bonchev–Trinajstić information content (AvgIpc) is 2.60. The van der Waals surface area contributed by atoms with Crippen molar-refractivity contribution in [2.45, 2.75) is 13.0 Å². The van der Waals surface area contributed by atoms with Gasteiger partial charge in [-0.3, -0.25) is 9.69 Å². The van der Waals surface area contributed by atoms with Crippen LogP contribution in [0.5, 0.6) is 0 Å². The summed E-state index contributed by atoms with van der Waals surface area (Å²) in [5.74, 6) is 0.0470. The largest absolute Gasteiger partial charge is 0.385 e. The lowest BCUT2D eigenvalue weighted by Gasteiger charge is -2.18. The fourth-order valence-corrected chi connectivity index (χ4v) is 2.65. The zero-order valence-electron chi connectivity index (χ0n) is 14.5. The van der Waals surface area contributed by atoms with E-state index in [1.807, 2.05) is 42.3 Å². The first-order chi connectivity index (χ1) is 11.7. The van der Waals surface area contributed by atoms with Crippen molar-refractivity contribution in [3.8, 4) is 11.1 Å². The summed E-state index contributed by atoms with van der Waals surface area (Å²) < 4.78 is 4.98. The minimum absolute atomic E-state index is 0.0470. The van der Waals surface area contributed by atoms with Gasteiger partial charge in [0, 0.05) is 26.8 Å². The monoisotopic (exact) mass is 326 g/mol. The van der Waals surface area contributed by atoms with E-state index in [-0.39, 0.29) is 5.91 Å². The Morgan fingerprint density at radius 2 is 1.79 bits per heavy atom. The minimum Gasteiger partial charge on any atom is -0.385 e. The van der Waals surface area contributed by atoms with Crippen LogP contribution in [0.1, 0.15) is 12.0 Å². The Morgan fingerprint density at radius 1 is 1.08 bits per heavy atom. The molecule has 0 spiro atoms. The van der Waals surface area contributed by atoms with Gasteiger partial charge >= 0.3 is 0 Å². The van der Waals surface area contributed by atoms with Crippen LogP contribution in [0.25, 0.3) is 11.1 Å². The smallest absolute Gasteiger partial charge is 0.234 e. The molecule has 0 aliphatic rings. The van der Waals surface area contributed by atoms with Gasteiger partial charge in [0.25, 0.3) is 0 Å². The van der Waals surface area contributed by atoms with Crippen LogP contribution < -0.4 is 5.32 Å². The predicted molar refractivity (Wildman–Crippen MR) is 97.7 cm³/mol. The molecule has 2 aromatic rings. The second-order valence-corrected chi connectivity index (χ2v) is 5.89. The summed E-state index contributed by atoms with van der Waals surface area (Å²) in [5, 5.41) is 2.92. The number of rotatable bonds is 9. The summed E-state index contributed by atoms with van der Waals surface area (Å²) in [7, 11) is 3.64. The van der Waals surface area contributed by atoms with Gasteiger partial charge in [0.2, 0.25) is 5.91 Å². The maximum atomic E-state index is 12.0. The van der Waals surface area contributed by atoms with Crippen molar-refractivity contribution in [1.29, 1.82) is 0 Å². The molecule has 2 aromatic carbocycles. The number of likely N-dealkylation sites (N-methyl/N-ethyl adjacent to an activating group) is 1. The summed E-state index contributed by atoms with van der Waals surface area (Å²) >= 11 is 0. The van der Waals surface area contributed by atoms with E-state index < -0.39 is 0 Å². The van der Waals surface area contributed by atoms with Gasteiger partial charge in [-0.05, 0) is 30.2 Å². The van der Waals surface area contributed by atoms with Crippen LogP contribution >= 0.6 is 0 Å². The van der Waals surface area contributed by atoms with Crippen LogP contribution in [0.15, 0.2) is 54.6 Å². The Labute approximate surface area is 144 Å². The van der Waals surface area contributed by atoms with E-state index in [1.165, 1.54) is 16.7 Å². The van der Waals surface area contributed by atoms with Gasteiger partial charge < -0.3 is 10.1 Å². The molecule has 0 aliphatic carbocycles. The molecular weight excluding hydrogens is 300 g/mol. The molecule has 4 heteroatoms. The van der Waals surface area contributed by atoms with E-state index in [2.05, 4.69) is 29.6 Å². The number of benzene rings is 2. The fourth-order valence-electron chi connectivity index (χ4n) is 2.65. The lowest BCUT2D eigenvalue weighted by atomic mass is 9.99. The molecule has 0 aliphatic heterocycles. The average molecular weight is 326 g/mol. The number of hydrogen-bond acceptors (Lipinski definition) is 3. The third-order valence-corrected chi connectivity index (χ3v) is 3.80. The molecule has 0 fully saturated rings. The predicted octanol–water partition coefficient (Wildman–Crippen LogP) is 2.94. The highest BCUT2D eigenvalue weighted by molar-refractivity contribution is 5.78. The normalized spacial score (nSPS) is 10.8. The van der Waals surface area contributed by atoms with Gasteiger partial charge in [-0.25, -0.2) is 0 Å². The van der Waals surface area contributed by atoms with Gasteiger partial charge in [-0.2, -0.15) is 0 Å². The Bertz CT molecular complexity index is 629. The van der Waals surface area contributed by atoms with E-state index >= 15 is 0 Å². The molecule has 0 bridgehead atoms. The number of nitrogens with zero attached hydrogens (tertiary/aromatic N) is 1. The molecule has 0 saturated heterocycles. The summed E-state index contributed by atoms with van der Waals surface area (Å²) in [4.78, 5) is 14.0. The van der Waals surface area contributed by atoms with Gasteiger partial charge in [-0.15, -0.1) is 0 Å². The molecule has 0 saturated carbocycles. The maximum Gasteiger partial charge on any atom is 0.234 e. The van der Waals surface area contributed by atoms with E-state index in [4.69, 9.17) is 4.74 Å². The minimum atomic E-state index is 0.0470. The van der Waals surface area contributed by atoms with E-state index in [0.717, 1.165) is 13.0 Å². The zero-order valence-corrected chi connectivity index (χ0v) is 14.5. The Balaban J connectivity index is 1.92. The second kappa shape index (κ2) is 9.85. The lowest BCUT2D eigenvalue weighted by molar-refractivity contribution is -0.122. The molecule has 0 heterocycles. The van der Waals surface area contributed by atoms with Crippen molar-refractivity contribution in [2.75, 3.05) is 33.9 Å². The Hall–Kier alpha value is -2.17. The standard InChI is InChI=1S/C20H26N2O2/c1-22(16-20(23)21-13-8-14-24-2)15-18-11-6-7-12-19(18)17-9-4-3-5-10-17/h3-7,9-12H,8,13-16H2,1-2H3,(H,21,23). The summed E-state index contributed by atoms with van der Waals surface area (Å²) in [6, 6.07) is 18.7. The molecule has 2 rings (SSSR count). The van der Waals surface area contributed by atoms with Crippen molar-refractivity contribution in [2.24, 2.45) is 0 Å². The fraction of sp³-hybridized carbons (Fsp3) is 0.350. The molecular formula is C20H26N2O2. The van der Waals surface area contributed by atoms with Crippen molar-refractivity contribution in [1.82, 2.24) is 10.2 Å². The van der Waals surface area contributed by atoms with Gasteiger partial charge in [0.15, 0.2) is 0 Å². The number of carbonyl (C=O) groups is 1. The first kappa shape index (κ1) is 18.2. The number of hydrogen-bond donors (Lipinski definition) is 1. The molecule has 0 aromatic heterocycles. The van der Waals surface area contributed by atoms with Crippen LogP contribution in [-0.2, 0) is 16.1 Å². The van der Waals surface area contributed by atoms with Crippen molar-refractivity contribution >= 4 is 5.91 Å². The molecule has 1 N–H and O–H groups in total. The van der Waals surface area contributed by atoms with E-state index in [0.29, 0.717) is 19.7 Å². The van der Waals surface area contributed by atoms with Crippen LogP contribution in [0.4, 0.5) is 0 Å². The number of ether oxygens (including phenoxy) is 1. The third-order valence-electron chi connectivity index (χ3n) is 3.80. The van der Waals surface area contributed by atoms with Gasteiger partial charge in [0.1, 0.15) is 0 Å². The highest BCUT2D eigenvalue weighted by atomic mass is 16.5. The van der Waals surface area contributed by atoms with E-state index in [1.54, 1.807) is 7.11 Å². The van der Waals surface area contributed by atoms with Crippen LogP contribution in [0.3, 0.4) is 0 Å². The number of nitrogens with one attached hydrogen (secondary N) is 1. The molecule has 4 nitrogen and oxygen atoms in total. The maximum absolute atomic E-state index is 12.0. The second-order valence-electron chi connectivity index (χ2n) is 5.89.